The largest absolute Gasteiger partial charge is 0.321 e. The molecule has 2 aromatic carbocycles. The highest BCUT2D eigenvalue weighted by Gasteiger charge is 2.09. The lowest BCUT2D eigenvalue weighted by Crippen LogP contribution is -2.13. The second-order valence-corrected chi connectivity index (χ2v) is 5.83. The molecule has 4 heteroatoms. The van der Waals surface area contributed by atoms with Crippen molar-refractivity contribution in [1.29, 1.82) is 5.26 Å². The molecule has 0 aliphatic heterocycles. The first-order valence-corrected chi connectivity index (χ1v) is 8.55. The van der Waals surface area contributed by atoms with Gasteiger partial charge in [0.2, 0.25) is 0 Å². The number of nitrogens with one attached hydrogen (secondary N) is 1. The van der Waals surface area contributed by atoms with Crippen molar-refractivity contribution in [3.8, 4) is 6.07 Å². The van der Waals surface area contributed by atoms with Gasteiger partial charge in [0.05, 0.1) is 0 Å². The van der Waals surface area contributed by atoms with Crippen LogP contribution in [-0.2, 0) is 11.2 Å². The first-order chi connectivity index (χ1) is 11.2. The zero-order valence-corrected chi connectivity index (χ0v) is 14.0. The normalized spacial score (nSPS) is 10.9. The Morgan fingerprint density at radius 1 is 1.17 bits per heavy atom. The number of anilines is 1. The van der Waals surface area contributed by atoms with Gasteiger partial charge in [-0.25, -0.2) is 0 Å². The Labute approximate surface area is 141 Å². The van der Waals surface area contributed by atoms with Crippen LogP contribution in [0.3, 0.4) is 0 Å². The smallest absolute Gasteiger partial charge is 0.266 e. The Bertz CT molecular complexity index is 740. The number of hydrogen-bond acceptors (Lipinski definition) is 3. The fraction of sp³-hybridized carbons (Fsp3) is 0.158. The lowest BCUT2D eigenvalue weighted by atomic mass is 10.1. The lowest BCUT2D eigenvalue weighted by molar-refractivity contribution is -0.112. The summed E-state index contributed by atoms with van der Waals surface area (Å²) in [5.41, 5.74) is 2.80. The molecular weight excluding hydrogens is 304 g/mol. The third kappa shape index (κ3) is 4.73. The molecule has 23 heavy (non-hydrogen) atoms. The molecule has 0 bridgehead atoms. The Balaban J connectivity index is 2.13. The number of benzene rings is 2. The number of carbonyl (C=O) groups is 1. The molecule has 2 rings (SSSR count). The summed E-state index contributed by atoms with van der Waals surface area (Å²) < 4.78 is 0. The molecule has 0 heterocycles. The van der Waals surface area contributed by atoms with Crippen LogP contribution in [0.5, 0.6) is 0 Å². The van der Waals surface area contributed by atoms with Crippen LogP contribution in [0.2, 0.25) is 0 Å². The van der Waals surface area contributed by atoms with Gasteiger partial charge >= 0.3 is 0 Å². The number of rotatable bonds is 5. The number of carbonyl (C=O) groups excluding carboxylic acids is 1. The number of aryl methyl sites for hydroxylation is 1. The van der Waals surface area contributed by atoms with E-state index < -0.39 is 5.91 Å². The quantitative estimate of drug-likeness (QED) is 0.500. The van der Waals surface area contributed by atoms with Gasteiger partial charge in [-0.05, 0) is 54.1 Å². The van der Waals surface area contributed by atoms with Crippen LogP contribution in [0.15, 0.2) is 59.0 Å². The van der Waals surface area contributed by atoms with E-state index in [1.807, 2.05) is 60.9 Å². The Morgan fingerprint density at radius 3 is 2.35 bits per heavy atom. The molecule has 0 fully saturated rings. The van der Waals surface area contributed by atoms with Crippen LogP contribution in [0.1, 0.15) is 18.1 Å². The van der Waals surface area contributed by atoms with Crippen molar-refractivity contribution >= 4 is 29.4 Å². The van der Waals surface area contributed by atoms with Gasteiger partial charge in [-0.3, -0.25) is 4.79 Å². The van der Waals surface area contributed by atoms with Crippen LogP contribution in [0.4, 0.5) is 5.69 Å². The zero-order valence-electron chi connectivity index (χ0n) is 13.2. The van der Waals surface area contributed by atoms with Crippen molar-refractivity contribution < 1.29 is 4.79 Å². The van der Waals surface area contributed by atoms with E-state index in [0.717, 1.165) is 16.9 Å². The van der Waals surface area contributed by atoms with Crippen LogP contribution >= 0.6 is 11.8 Å². The van der Waals surface area contributed by atoms with Crippen molar-refractivity contribution in [2.75, 3.05) is 11.6 Å². The van der Waals surface area contributed by atoms with Crippen LogP contribution in [-0.4, -0.2) is 12.2 Å². The van der Waals surface area contributed by atoms with E-state index in [2.05, 4.69) is 12.2 Å². The molecule has 3 nitrogen and oxygen atoms in total. The van der Waals surface area contributed by atoms with E-state index >= 15 is 0 Å². The average Bonchev–Trinajstić information content (AvgIpc) is 2.60. The van der Waals surface area contributed by atoms with Gasteiger partial charge < -0.3 is 5.32 Å². The third-order valence-corrected chi connectivity index (χ3v) is 4.16. The maximum Gasteiger partial charge on any atom is 0.266 e. The summed E-state index contributed by atoms with van der Waals surface area (Å²) in [6.07, 6.45) is 4.55. The van der Waals surface area contributed by atoms with E-state index in [1.54, 1.807) is 17.8 Å². The van der Waals surface area contributed by atoms with Crippen molar-refractivity contribution in [1.82, 2.24) is 0 Å². The molecule has 0 atom stereocenters. The SMILES string of the molecule is CCc1ccc(NC(=O)/C(C#N)=C/c2ccc(SC)cc2)cc1. The van der Waals surface area contributed by atoms with Gasteiger partial charge in [-0.1, -0.05) is 31.2 Å². The second-order valence-electron chi connectivity index (χ2n) is 4.95. The number of amides is 1. The molecular formula is C19H18N2OS. The highest BCUT2D eigenvalue weighted by Crippen LogP contribution is 2.17. The number of nitrogens with zero attached hydrogens (tertiary/aromatic N) is 1. The first kappa shape index (κ1) is 16.9. The lowest BCUT2D eigenvalue weighted by Gasteiger charge is -2.05. The summed E-state index contributed by atoms with van der Waals surface area (Å²) in [6.45, 7) is 2.08. The van der Waals surface area contributed by atoms with Gasteiger partial charge in [0, 0.05) is 10.6 Å². The van der Waals surface area contributed by atoms with Crippen molar-refractivity contribution in [3.05, 3.63) is 65.2 Å². The van der Waals surface area contributed by atoms with Gasteiger partial charge in [-0.2, -0.15) is 5.26 Å². The number of hydrogen-bond donors (Lipinski definition) is 1. The standard InChI is InChI=1S/C19H18N2OS/c1-3-14-4-8-17(9-5-14)21-19(22)16(13-20)12-15-6-10-18(23-2)11-7-15/h4-12H,3H2,1-2H3,(H,21,22)/b16-12+. The first-order valence-electron chi connectivity index (χ1n) is 7.32. The maximum atomic E-state index is 12.2. The summed E-state index contributed by atoms with van der Waals surface area (Å²) >= 11 is 1.65. The van der Waals surface area contributed by atoms with Crippen LogP contribution < -0.4 is 5.32 Å². The van der Waals surface area contributed by atoms with Gasteiger partial charge in [0.15, 0.2) is 0 Å². The van der Waals surface area contributed by atoms with Gasteiger partial charge in [-0.15, -0.1) is 11.8 Å². The van der Waals surface area contributed by atoms with E-state index in [1.165, 1.54) is 5.56 Å². The molecule has 2 aromatic rings. The average molecular weight is 322 g/mol. The molecule has 1 amide bonds. The molecule has 0 saturated heterocycles. The molecule has 0 aliphatic rings. The summed E-state index contributed by atoms with van der Waals surface area (Å²) in [5.74, 6) is -0.398. The molecule has 116 valence electrons. The minimum atomic E-state index is -0.398. The van der Waals surface area contributed by atoms with Crippen LogP contribution in [0, 0.1) is 11.3 Å². The molecule has 0 radical (unpaired) electrons. The van der Waals surface area contributed by atoms with E-state index in [9.17, 15) is 10.1 Å². The molecule has 0 spiro atoms. The molecule has 0 aromatic heterocycles. The summed E-state index contributed by atoms with van der Waals surface area (Å²) in [7, 11) is 0. The van der Waals surface area contributed by atoms with E-state index in [4.69, 9.17) is 0 Å². The minimum Gasteiger partial charge on any atom is -0.321 e. The zero-order chi connectivity index (χ0) is 16.7. The van der Waals surface area contributed by atoms with E-state index in [-0.39, 0.29) is 5.57 Å². The third-order valence-electron chi connectivity index (χ3n) is 3.41. The Morgan fingerprint density at radius 2 is 1.83 bits per heavy atom. The molecule has 0 saturated carbocycles. The minimum absolute atomic E-state index is 0.0847. The summed E-state index contributed by atoms with van der Waals surface area (Å²) in [6, 6.07) is 17.3. The second kappa shape index (κ2) is 8.21. The monoisotopic (exact) mass is 322 g/mol. The topological polar surface area (TPSA) is 52.9 Å². The summed E-state index contributed by atoms with van der Waals surface area (Å²) in [5, 5.41) is 12.0. The van der Waals surface area contributed by atoms with Crippen molar-refractivity contribution in [3.63, 3.8) is 0 Å². The van der Waals surface area contributed by atoms with Crippen molar-refractivity contribution in [2.45, 2.75) is 18.2 Å². The fourth-order valence-corrected chi connectivity index (χ4v) is 2.45. The van der Waals surface area contributed by atoms with Crippen LogP contribution in [0.25, 0.3) is 6.08 Å². The molecule has 0 aliphatic carbocycles. The number of thioether (sulfide) groups is 1. The van der Waals surface area contributed by atoms with Crippen molar-refractivity contribution in [2.24, 2.45) is 0 Å². The highest BCUT2D eigenvalue weighted by molar-refractivity contribution is 7.98. The Kier molecular flexibility index (Phi) is 6.02. The molecule has 0 unspecified atom stereocenters. The predicted molar refractivity (Wildman–Crippen MR) is 96.3 cm³/mol. The number of nitriles is 1. The van der Waals surface area contributed by atoms with Gasteiger partial charge in [0.25, 0.3) is 5.91 Å². The van der Waals surface area contributed by atoms with Gasteiger partial charge in [0.1, 0.15) is 11.6 Å². The fourth-order valence-electron chi connectivity index (χ4n) is 2.04. The maximum absolute atomic E-state index is 12.2. The summed E-state index contributed by atoms with van der Waals surface area (Å²) in [4.78, 5) is 13.4. The Hall–Kier alpha value is -2.51. The highest BCUT2D eigenvalue weighted by atomic mass is 32.2. The van der Waals surface area contributed by atoms with E-state index in [0.29, 0.717) is 5.69 Å². The predicted octanol–water partition coefficient (Wildman–Crippen LogP) is 4.52. The molecule has 1 N–H and O–H groups in total.